The summed E-state index contributed by atoms with van der Waals surface area (Å²) in [5.74, 6) is -0.432. The first-order valence-electron chi connectivity index (χ1n) is 10.8. The zero-order valence-electron chi connectivity index (χ0n) is 19.7. The van der Waals surface area contributed by atoms with Crippen molar-refractivity contribution in [2.24, 2.45) is 0 Å². The molecule has 0 aliphatic carbocycles. The van der Waals surface area contributed by atoms with Crippen LogP contribution in [-0.2, 0) is 20.0 Å². The average molecular weight is 576 g/mol. The van der Waals surface area contributed by atoms with Crippen LogP contribution in [0, 0.1) is 6.92 Å². The number of amides is 1. The number of rotatable bonds is 8. The predicted octanol–water partition coefficient (Wildman–Crippen LogP) is 5.59. The third-order valence-corrected chi connectivity index (χ3v) is 10.4. The van der Waals surface area contributed by atoms with E-state index in [0.29, 0.717) is 27.6 Å². The van der Waals surface area contributed by atoms with Gasteiger partial charge in [0.1, 0.15) is 4.21 Å². The monoisotopic (exact) mass is 575 g/mol. The van der Waals surface area contributed by atoms with Crippen LogP contribution in [0.5, 0.6) is 0 Å². The van der Waals surface area contributed by atoms with Crippen molar-refractivity contribution in [2.75, 3.05) is 21.4 Å². The number of anilines is 3. The molecule has 0 bridgehead atoms. The zero-order valence-corrected chi connectivity index (χ0v) is 22.9. The third-order valence-electron chi connectivity index (χ3n) is 5.45. The van der Waals surface area contributed by atoms with Gasteiger partial charge in [0.05, 0.1) is 16.3 Å². The summed E-state index contributed by atoms with van der Waals surface area (Å²) in [5, 5.41) is 4.83. The highest BCUT2D eigenvalue weighted by atomic mass is 35.5. The lowest BCUT2D eigenvalue weighted by Gasteiger charge is -2.18. The summed E-state index contributed by atoms with van der Waals surface area (Å²) in [4.78, 5) is 12.7. The van der Waals surface area contributed by atoms with Gasteiger partial charge in [-0.1, -0.05) is 23.7 Å². The van der Waals surface area contributed by atoms with E-state index in [-0.39, 0.29) is 9.10 Å². The number of sulfonamides is 2. The van der Waals surface area contributed by atoms with Gasteiger partial charge in [-0.25, -0.2) is 16.8 Å². The van der Waals surface area contributed by atoms with Crippen molar-refractivity contribution in [1.29, 1.82) is 0 Å². The van der Waals surface area contributed by atoms with Crippen molar-refractivity contribution in [3.63, 3.8) is 0 Å². The van der Waals surface area contributed by atoms with E-state index >= 15 is 0 Å². The van der Waals surface area contributed by atoms with Crippen LogP contribution >= 0.6 is 22.9 Å². The number of carbonyl (C=O) groups excluding carboxylic acids is 1. The highest BCUT2D eigenvalue weighted by molar-refractivity contribution is 7.94. The van der Waals surface area contributed by atoms with E-state index in [0.717, 1.165) is 21.2 Å². The fourth-order valence-corrected chi connectivity index (χ4v) is 6.88. The Kier molecular flexibility index (Phi) is 7.60. The average Bonchev–Trinajstić information content (AvgIpc) is 3.42. The summed E-state index contributed by atoms with van der Waals surface area (Å²) in [5.41, 5.74) is 2.27. The lowest BCUT2D eigenvalue weighted by atomic mass is 10.2. The summed E-state index contributed by atoms with van der Waals surface area (Å²) in [6.07, 6.45) is 0. The minimum Gasteiger partial charge on any atom is -0.322 e. The summed E-state index contributed by atoms with van der Waals surface area (Å²) in [7, 11) is -6.09. The molecule has 1 heterocycles. The van der Waals surface area contributed by atoms with Gasteiger partial charge in [0.25, 0.3) is 26.0 Å². The molecule has 192 valence electrons. The molecule has 1 aromatic heterocycles. The van der Waals surface area contributed by atoms with Crippen LogP contribution in [0.1, 0.15) is 15.9 Å². The van der Waals surface area contributed by atoms with Gasteiger partial charge in [-0.15, -0.1) is 11.3 Å². The van der Waals surface area contributed by atoms with Gasteiger partial charge >= 0.3 is 0 Å². The van der Waals surface area contributed by atoms with Gasteiger partial charge in [-0.05, 0) is 84.6 Å². The van der Waals surface area contributed by atoms with Crippen molar-refractivity contribution in [3.8, 4) is 0 Å². The van der Waals surface area contributed by atoms with Gasteiger partial charge in [-0.2, -0.15) is 0 Å². The normalized spacial score (nSPS) is 11.6. The van der Waals surface area contributed by atoms with Crippen molar-refractivity contribution in [3.05, 3.63) is 100 Å². The molecule has 0 atom stereocenters. The van der Waals surface area contributed by atoms with Crippen LogP contribution in [0.25, 0.3) is 0 Å². The van der Waals surface area contributed by atoms with Crippen LogP contribution in [0.3, 0.4) is 0 Å². The summed E-state index contributed by atoms with van der Waals surface area (Å²) < 4.78 is 54.6. The van der Waals surface area contributed by atoms with Gasteiger partial charge < -0.3 is 5.32 Å². The Morgan fingerprint density at radius 3 is 2.14 bits per heavy atom. The lowest BCUT2D eigenvalue weighted by Crippen LogP contribution is -2.25. The number of hydrogen-bond donors (Lipinski definition) is 2. The highest BCUT2D eigenvalue weighted by Crippen LogP contribution is 2.26. The number of benzene rings is 3. The molecule has 0 aliphatic rings. The number of carbonyl (C=O) groups is 1. The van der Waals surface area contributed by atoms with E-state index in [9.17, 15) is 21.6 Å². The van der Waals surface area contributed by atoms with E-state index in [4.69, 9.17) is 11.6 Å². The van der Waals surface area contributed by atoms with Gasteiger partial charge in [0, 0.05) is 23.3 Å². The minimum absolute atomic E-state index is 0.0153. The molecule has 0 unspecified atom stereocenters. The van der Waals surface area contributed by atoms with Crippen LogP contribution < -0.4 is 14.3 Å². The first-order valence-corrected chi connectivity index (χ1v) is 15.0. The SMILES string of the molecule is Cc1ccc(NS(=O)(=O)c2ccc(NC(=O)c3ccc(N(C)S(=O)(=O)c4cccs4)cc3)cc2)cc1Cl. The molecule has 4 rings (SSSR count). The molecule has 12 heteroatoms. The van der Waals surface area contributed by atoms with E-state index in [1.54, 1.807) is 35.7 Å². The number of halogens is 1. The summed E-state index contributed by atoms with van der Waals surface area (Å²) >= 11 is 7.19. The standard InChI is InChI=1S/C25H22ClN3O5S3/c1-17-5-8-20(16-23(17)26)28-36(31,32)22-13-9-19(10-14-22)27-25(30)18-6-11-21(12-7-18)29(2)37(33,34)24-4-3-15-35-24/h3-16,28H,1-2H3,(H,27,30). The number of thiophene rings is 1. The topological polar surface area (TPSA) is 113 Å². The largest absolute Gasteiger partial charge is 0.322 e. The third kappa shape index (κ3) is 5.96. The number of aryl methyl sites for hydroxylation is 1. The molecule has 0 fully saturated rings. The summed E-state index contributed by atoms with van der Waals surface area (Å²) in [6.45, 7) is 1.82. The van der Waals surface area contributed by atoms with E-state index in [2.05, 4.69) is 10.0 Å². The zero-order chi connectivity index (χ0) is 26.8. The molecule has 0 aliphatic heterocycles. The Hall–Kier alpha value is -3.38. The van der Waals surface area contributed by atoms with Gasteiger partial charge in [0.15, 0.2) is 0 Å². The van der Waals surface area contributed by atoms with Crippen LogP contribution in [0.4, 0.5) is 17.1 Å². The molecular formula is C25H22ClN3O5S3. The Bertz CT molecular complexity index is 1640. The van der Waals surface area contributed by atoms with Crippen LogP contribution in [0.15, 0.2) is 93.3 Å². The smallest absolute Gasteiger partial charge is 0.273 e. The molecule has 4 aromatic rings. The predicted molar refractivity (Wildman–Crippen MR) is 148 cm³/mol. The maximum Gasteiger partial charge on any atom is 0.273 e. The second kappa shape index (κ2) is 10.5. The van der Waals surface area contributed by atoms with Gasteiger partial charge in [-0.3, -0.25) is 13.8 Å². The Morgan fingerprint density at radius 1 is 0.892 bits per heavy atom. The molecular weight excluding hydrogens is 554 g/mol. The molecule has 1 amide bonds. The Balaban J connectivity index is 1.42. The van der Waals surface area contributed by atoms with Crippen molar-refractivity contribution in [2.45, 2.75) is 16.0 Å². The van der Waals surface area contributed by atoms with Crippen molar-refractivity contribution in [1.82, 2.24) is 0 Å². The second-order valence-corrected chi connectivity index (χ2v) is 13.2. The Morgan fingerprint density at radius 2 is 1.54 bits per heavy atom. The molecule has 0 radical (unpaired) electrons. The van der Waals surface area contributed by atoms with Crippen LogP contribution in [0.2, 0.25) is 5.02 Å². The molecule has 3 aromatic carbocycles. The van der Waals surface area contributed by atoms with Crippen LogP contribution in [-0.4, -0.2) is 29.8 Å². The minimum atomic E-state index is -3.86. The van der Waals surface area contributed by atoms with Crippen molar-refractivity contribution < 1.29 is 21.6 Å². The van der Waals surface area contributed by atoms with E-state index < -0.39 is 26.0 Å². The highest BCUT2D eigenvalue weighted by Gasteiger charge is 2.22. The van der Waals surface area contributed by atoms with Crippen molar-refractivity contribution >= 4 is 66.0 Å². The second-order valence-electron chi connectivity index (χ2n) is 8.00. The molecule has 2 N–H and O–H groups in total. The molecule has 0 spiro atoms. The maximum absolute atomic E-state index is 12.7. The maximum atomic E-state index is 12.7. The first-order chi connectivity index (χ1) is 17.5. The number of nitrogens with one attached hydrogen (secondary N) is 2. The quantitative estimate of drug-likeness (QED) is 0.284. The molecule has 37 heavy (non-hydrogen) atoms. The van der Waals surface area contributed by atoms with E-state index in [1.165, 1.54) is 55.6 Å². The van der Waals surface area contributed by atoms with Gasteiger partial charge in [0.2, 0.25) is 0 Å². The summed E-state index contributed by atoms with van der Waals surface area (Å²) in [6, 6.07) is 19.9. The number of nitrogens with zero attached hydrogens (tertiary/aromatic N) is 1. The molecule has 0 saturated carbocycles. The lowest BCUT2D eigenvalue weighted by molar-refractivity contribution is 0.102. The Labute approximate surface area is 224 Å². The molecule has 8 nitrogen and oxygen atoms in total. The molecule has 0 saturated heterocycles. The fraction of sp³-hybridized carbons (Fsp3) is 0.0800. The fourth-order valence-electron chi connectivity index (χ4n) is 3.30. The van der Waals surface area contributed by atoms with E-state index in [1.807, 2.05) is 6.92 Å². The number of hydrogen-bond acceptors (Lipinski definition) is 6. The first kappa shape index (κ1) is 26.7.